The van der Waals surface area contributed by atoms with Gasteiger partial charge in [0.2, 0.25) is 0 Å². The van der Waals surface area contributed by atoms with E-state index in [2.05, 4.69) is 5.32 Å². The second kappa shape index (κ2) is 2.60. The van der Waals surface area contributed by atoms with Crippen molar-refractivity contribution in [3.8, 4) is 0 Å². The summed E-state index contributed by atoms with van der Waals surface area (Å²) in [6.45, 7) is -0.0964. The van der Waals surface area contributed by atoms with Crippen molar-refractivity contribution in [1.29, 1.82) is 0 Å². The van der Waals surface area contributed by atoms with Crippen LogP contribution in [0.1, 0.15) is 0 Å². The fraction of sp³-hybridized carbons (Fsp3) is 0.833. The molecule has 1 radical (unpaired) electrons. The van der Waals surface area contributed by atoms with E-state index in [0.29, 0.717) is 13.1 Å². The molecule has 0 bridgehead atoms. The van der Waals surface area contributed by atoms with Crippen LogP contribution in [0.3, 0.4) is 0 Å². The maximum atomic E-state index is 12.0. The smallest absolute Gasteiger partial charge is 0.0991 e. The molecule has 0 aromatic rings. The summed E-state index contributed by atoms with van der Waals surface area (Å²) in [6, 6.07) is 0. The summed E-state index contributed by atoms with van der Waals surface area (Å²) in [7, 11) is 0. The molecular formula is C6H10F2N. The van der Waals surface area contributed by atoms with Crippen LogP contribution < -0.4 is 5.32 Å². The molecule has 0 aromatic carbocycles. The Kier molecular flexibility index (Phi) is 2.01. The van der Waals surface area contributed by atoms with Gasteiger partial charge in [-0.15, -0.1) is 0 Å². The number of nitrogens with one attached hydrogen (secondary N) is 1. The lowest BCUT2D eigenvalue weighted by atomic mass is 9.91. The van der Waals surface area contributed by atoms with Gasteiger partial charge in [0.1, 0.15) is 0 Å². The number of hydrogen-bond donors (Lipinski definition) is 1. The minimum Gasteiger partial charge on any atom is -0.316 e. The molecule has 3 heteroatoms. The van der Waals surface area contributed by atoms with Crippen molar-refractivity contribution in [2.45, 2.75) is 0 Å². The molecule has 1 N–H and O–H groups in total. The summed E-state index contributed by atoms with van der Waals surface area (Å²) < 4.78 is 24.1. The Morgan fingerprint density at radius 2 is 2.11 bits per heavy atom. The molecule has 1 rings (SSSR count). The van der Waals surface area contributed by atoms with Crippen molar-refractivity contribution < 1.29 is 8.78 Å². The molecule has 0 aromatic heterocycles. The molecule has 0 unspecified atom stereocenters. The van der Waals surface area contributed by atoms with Gasteiger partial charge >= 0.3 is 0 Å². The van der Waals surface area contributed by atoms with Crippen molar-refractivity contribution >= 4 is 0 Å². The third-order valence-corrected chi connectivity index (χ3v) is 1.69. The molecule has 1 nitrogen and oxygen atoms in total. The largest absolute Gasteiger partial charge is 0.316 e. The average Bonchev–Trinajstić information content (AvgIpc) is 2.36. The highest BCUT2D eigenvalue weighted by Gasteiger charge is 2.34. The lowest BCUT2D eigenvalue weighted by Crippen LogP contribution is -2.28. The molecule has 0 spiro atoms. The predicted octanol–water partition coefficient (Wildman–Crippen LogP) is 0.719. The summed E-state index contributed by atoms with van der Waals surface area (Å²) in [5.41, 5.74) is -0.792. The molecule has 0 atom stereocenters. The van der Waals surface area contributed by atoms with Crippen molar-refractivity contribution in [3.05, 3.63) is 6.42 Å². The summed E-state index contributed by atoms with van der Waals surface area (Å²) in [6.07, 6.45) is 1.67. The molecule has 0 amide bonds. The van der Waals surface area contributed by atoms with Crippen LogP contribution >= 0.6 is 0 Å². The molecule has 9 heavy (non-hydrogen) atoms. The zero-order valence-electron chi connectivity index (χ0n) is 5.16. The highest BCUT2D eigenvalue weighted by molar-refractivity contribution is 5.00. The molecule has 0 saturated carbocycles. The van der Waals surface area contributed by atoms with E-state index in [1.807, 2.05) is 0 Å². The quantitative estimate of drug-likeness (QED) is 0.586. The average molecular weight is 134 g/mol. The van der Waals surface area contributed by atoms with E-state index < -0.39 is 18.8 Å². The predicted molar refractivity (Wildman–Crippen MR) is 31.6 cm³/mol. The van der Waals surface area contributed by atoms with Crippen molar-refractivity contribution in [3.63, 3.8) is 0 Å². The Bertz CT molecular complexity index is 83.1. The Morgan fingerprint density at radius 3 is 2.33 bits per heavy atom. The van der Waals surface area contributed by atoms with Crippen LogP contribution in [0, 0.1) is 11.8 Å². The molecule has 1 aliphatic heterocycles. The van der Waals surface area contributed by atoms with E-state index in [-0.39, 0.29) is 0 Å². The Labute approximate surface area is 53.4 Å². The van der Waals surface area contributed by atoms with Gasteiger partial charge in [-0.05, 0) is 13.0 Å². The van der Waals surface area contributed by atoms with Crippen LogP contribution in [0.2, 0.25) is 0 Å². The molecule has 1 fully saturated rings. The maximum Gasteiger partial charge on any atom is 0.0991 e. The number of hydrogen-bond acceptors (Lipinski definition) is 1. The summed E-state index contributed by atoms with van der Waals surface area (Å²) >= 11 is 0. The van der Waals surface area contributed by atoms with Crippen LogP contribution in [0.25, 0.3) is 0 Å². The van der Waals surface area contributed by atoms with Crippen LogP contribution in [0.4, 0.5) is 8.78 Å². The normalized spacial score (nSPS) is 24.7. The Balaban J connectivity index is 2.45. The van der Waals surface area contributed by atoms with Crippen molar-refractivity contribution in [1.82, 2.24) is 5.32 Å². The zero-order chi connectivity index (χ0) is 6.74. The number of rotatable bonds is 2. The minimum atomic E-state index is -0.792. The highest BCUT2D eigenvalue weighted by atomic mass is 19.1. The van der Waals surface area contributed by atoms with E-state index in [4.69, 9.17) is 0 Å². The molecular weight excluding hydrogens is 124 g/mol. The summed E-state index contributed by atoms with van der Waals surface area (Å²) in [4.78, 5) is 0. The molecule has 1 heterocycles. The van der Waals surface area contributed by atoms with Crippen molar-refractivity contribution in [2.24, 2.45) is 5.41 Å². The first-order chi connectivity index (χ1) is 4.33. The van der Waals surface area contributed by atoms with E-state index >= 15 is 0 Å². The van der Waals surface area contributed by atoms with Crippen LogP contribution in [-0.2, 0) is 0 Å². The van der Waals surface area contributed by atoms with Gasteiger partial charge in [-0.25, -0.2) is 0 Å². The maximum absolute atomic E-state index is 12.0. The van der Waals surface area contributed by atoms with Crippen LogP contribution in [0.15, 0.2) is 0 Å². The van der Waals surface area contributed by atoms with Gasteiger partial charge in [0.15, 0.2) is 0 Å². The Hall–Kier alpha value is -0.180. The summed E-state index contributed by atoms with van der Waals surface area (Å²) in [5, 5.41) is 2.88. The third-order valence-electron chi connectivity index (χ3n) is 1.69. The van der Waals surface area contributed by atoms with E-state index in [9.17, 15) is 8.78 Å². The van der Waals surface area contributed by atoms with Gasteiger partial charge in [0.05, 0.1) is 13.3 Å². The molecule has 1 saturated heterocycles. The highest BCUT2D eigenvalue weighted by Crippen LogP contribution is 2.24. The first-order valence-electron chi connectivity index (χ1n) is 3.00. The zero-order valence-corrected chi connectivity index (χ0v) is 5.16. The van der Waals surface area contributed by atoms with Gasteiger partial charge in [-0.3, -0.25) is 8.78 Å². The standard InChI is InChI=1S/C6H10F2N/c7-3-6(4-8)1-2-9-5-6/h1,9H,2-5H2. The van der Waals surface area contributed by atoms with E-state index in [1.54, 1.807) is 6.42 Å². The lowest BCUT2D eigenvalue weighted by Gasteiger charge is -2.18. The third kappa shape index (κ3) is 1.21. The van der Waals surface area contributed by atoms with Gasteiger partial charge < -0.3 is 5.32 Å². The van der Waals surface area contributed by atoms with E-state index in [1.165, 1.54) is 0 Å². The second-order valence-electron chi connectivity index (χ2n) is 2.46. The first kappa shape index (κ1) is 6.93. The SMILES string of the molecule is FCC1(CF)[CH]CNC1. The molecule has 1 aliphatic rings. The van der Waals surface area contributed by atoms with Gasteiger partial charge in [-0.2, -0.15) is 0 Å². The fourth-order valence-corrected chi connectivity index (χ4v) is 0.921. The molecule has 0 aliphatic carbocycles. The summed E-state index contributed by atoms with van der Waals surface area (Å²) in [5.74, 6) is 0. The van der Waals surface area contributed by atoms with Crippen molar-refractivity contribution in [2.75, 3.05) is 26.4 Å². The minimum absolute atomic E-state index is 0.444. The first-order valence-corrected chi connectivity index (χ1v) is 3.00. The lowest BCUT2D eigenvalue weighted by molar-refractivity contribution is 0.211. The van der Waals surface area contributed by atoms with Gasteiger partial charge in [0, 0.05) is 12.0 Å². The fourth-order valence-electron chi connectivity index (χ4n) is 0.921. The van der Waals surface area contributed by atoms with Crippen LogP contribution in [-0.4, -0.2) is 26.4 Å². The Morgan fingerprint density at radius 1 is 1.44 bits per heavy atom. The monoisotopic (exact) mass is 134 g/mol. The van der Waals surface area contributed by atoms with Crippen LogP contribution in [0.5, 0.6) is 0 Å². The number of alkyl halides is 2. The van der Waals surface area contributed by atoms with Gasteiger partial charge in [0.25, 0.3) is 0 Å². The van der Waals surface area contributed by atoms with Gasteiger partial charge in [-0.1, -0.05) is 0 Å². The van der Waals surface area contributed by atoms with E-state index in [0.717, 1.165) is 0 Å². The molecule has 53 valence electrons. The second-order valence-corrected chi connectivity index (χ2v) is 2.46. The number of halogens is 2. The topological polar surface area (TPSA) is 12.0 Å².